The van der Waals surface area contributed by atoms with Gasteiger partial charge in [-0.25, -0.2) is 0 Å². The lowest BCUT2D eigenvalue weighted by atomic mass is 9.85. The van der Waals surface area contributed by atoms with Gasteiger partial charge in [0.25, 0.3) is 11.7 Å². The Hall–Kier alpha value is -3.77. The van der Waals surface area contributed by atoms with Gasteiger partial charge in [0.15, 0.2) is 0 Å². The SMILES string of the molecule is CCc1ccc(N2C(=O)C(=O)/C(=C(/O)c3cc(C(C)(C)C)ccc3OC)C2c2ccc(O)c(Cl)c2)cc1. The Kier molecular flexibility index (Phi) is 7.07. The normalized spacial score (nSPS) is 17.4. The number of aromatic hydroxyl groups is 1. The molecule has 1 unspecified atom stereocenters. The zero-order chi connectivity index (χ0) is 27.1. The summed E-state index contributed by atoms with van der Waals surface area (Å²) in [7, 11) is 1.48. The molecule has 7 heteroatoms. The first-order valence-electron chi connectivity index (χ1n) is 12.0. The second-order valence-corrected chi connectivity index (χ2v) is 10.5. The van der Waals surface area contributed by atoms with E-state index in [-0.39, 0.29) is 27.5 Å². The van der Waals surface area contributed by atoms with Gasteiger partial charge in [-0.2, -0.15) is 0 Å². The van der Waals surface area contributed by atoms with Crippen molar-refractivity contribution < 1.29 is 24.5 Å². The Morgan fingerprint density at radius 2 is 1.70 bits per heavy atom. The van der Waals surface area contributed by atoms with E-state index in [1.165, 1.54) is 24.1 Å². The van der Waals surface area contributed by atoms with E-state index in [0.29, 0.717) is 22.6 Å². The zero-order valence-corrected chi connectivity index (χ0v) is 22.3. The molecule has 3 aromatic rings. The van der Waals surface area contributed by atoms with Crippen molar-refractivity contribution in [3.05, 3.63) is 93.5 Å². The highest BCUT2D eigenvalue weighted by Crippen LogP contribution is 2.45. The number of Topliss-reactive ketones (excluding diaryl/α,β-unsaturated/α-hetero) is 1. The highest BCUT2D eigenvalue weighted by atomic mass is 35.5. The first kappa shape index (κ1) is 26.3. The molecule has 3 aromatic carbocycles. The standard InChI is InChI=1S/C30H30ClNO5/c1-6-17-7-11-20(12-8-17)32-26(18-9-13-23(33)22(31)15-18)25(28(35)29(32)36)27(34)21-16-19(30(2,3)4)10-14-24(21)37-5/h7-16,26,33-34H,6H2,1-5H3/b27-25+. The van der Waals surface area contributed by atoms with Crippen LogP contribution in [0.5, 0.6) is 11.5 Å². The Morgan fingerprint density at radius 3 is 2.27 bits per heavy atom. The molecule has 6 nitrogen and oxygen atoms in total. The molecule has 4 rings (SSSR count). The monoisotopic (exact) mass is 519 g/mol. The van der Waals surface area contributed by atoms with Gasteiger partial charge in [-0.3, -0.25) is 14.5 Å². The van der Waals surface area contributed by atoms with Crippen LogP contribution in [0.15, 0.2) is 66.2 Å². The molecule has 0 aliphatic carbocycles. The Balaban J connectivity index is 2.00. The molecule has 1 atom stereocenters. The molecule has 0 saturated carbocycles. The van der Waals surface area contributed by atoms with Gasteiger partial charge in [0, 0.05) is 5.69 Å². The van der Waals surface area contributed by atoms with Crippen LogP contribution in [0.1, 0.15) is 56.0 Å². The Morgan fingerprint density at radius 1 is 1.03 bits per heavy atom. The highest BCUT2D eigenvalue weighted by molar-refractivity contribution is 6.51. The van der Waals surface area contributed by atoms with E-state index in [9.17, 15) is 19.8 Å². The summed E-state index contributed by atoms with van der Waals surface area (Å²) in [5, 5.41) is 21.7. The molecule has 1 amide bonds. The van der Waals surface area contributed by atoms with E-state index >= 15 is 0 Å². The van der Waals surface area contributed by atoms with Crippen molar-refractivity contribution in [1.29, 1.82) is 0 Å². The minimum Gasteiger partial charge on any atom is -0.507 e. The molecule has 1 aliphatic rings. The number of nitrogens with zero attached hydrogens (tertiary/aromatic N) is 1. The van der Waals surface area contributed by atoms with Gasteiger partial charge in [0.2, 0.25) is 0 Å². The number of methoxy groups -OCH3 is 1. The molecule has 1 aliphatic heterocycles. The van der Waals surface area contributed by atoms with Crippen molar-refractivity contribution in [1.82, 2.24) is 0 Å². The van der Waals surface area contributed by atoms with Crippen LogP contribution in [0.25, 0.3) is 5.76 Å². The van der Waals surface area contributed by atoms with E-state index in [1.54, 1.807) is 30.3 Å². The lowest BCUT2D eigenvalue weighted by molar-refractivity contribution is -0.132. The predicted octanol–water partition coefficient (Wildman–Crippen LogP) is 6.54. The number of ether oxygens (including phenoxy) is 1. The van der Waals surface area contributed by atoms with Crippen LogP contribution in [0.3, 0.4) is 0 Å². The van der Waals surface area contributed by atoms with E-state index in [4.69, 9.17) is 16.3 Å². The molecule has 192 valence electrons. The molecule has 0 spiro atoms. The van der Waals surface area contributed by atoms with Crippen molar-refractivity contribution >= 4 is 34.7 Å². The smallest absolute Gasteiger partial charge is 0.300 e. The number of anilines is 1. The average molecular weight is 520 g/mol. The maximum absolute atomic E-state index is 13.5. The lowest BCUT2D eigenvalue weighted by Gasteiger charge is -2.26. The summed E-state index contributed by atoms with van der Waals surface area (Å²) in [5.41, 5.74) is 2.95. The molecule has 1 heterocycles. The van der Waals surface area contributed by atoms with Gasteiger partial charge < -0.3 is 14.9 Å². The van der Waals surface area contributed by atoms with Crippen LogP contribution in [-0.2, 0) is 21.4 Å². The van der Waals surface area contributed by atoms with Crippen molar-refractivity contribution in [2.45, 2.75) is 45.6 Å². The number of aliphatic hydroxyl groups excluding tert-OH is 1. The topological polar surface area (TPSA) is 87.1 Å². The van der Waals surface area contributed by atoms with Crippen molar-refractivity contribution in [2.75, 3.05) is 12.0 Å². The number of ketones is 1. The summed E-state index contributed by atoms with van der Waals surface area (Å²) in [6.07, 6.45) is 0.819. The second kappa shape index (κ2) is 9.94. The predicted molar refractivity (Wildman–Crippen MR) is 145 cm³/mol. The molecule has 37 heavy (non-hydrogen) atoms. The lowest BCUT2D eigenvalue weighted by Crippen LogP contribution is -2.29. The third-order valence-electron chi connectivity index (χ3n) is 6.68. The number of hydrogen-bond donors (Lipinski definition) is 2. The van der Waals surface area contributed by atoms with Gasteiger partial charge in [-0.15, -0.1) is 0 Å². The van der Waals surface area contributed by atoms with Crippen molar-refractivity contribution in [2.24, 2.45) is 0 Å². The number of phenolic OH excluding ortho intramolecular Hbond substituents is 1. The summed E-state index contributed by atoms with van der Waals surface area (Å²) in [5.74, 6) is -1.70. The summed E-state index contributed by atoms with van der Waals surface area (Å²) >= 11 is 6.22. The number of carbonyl (C=O) groups excluding carboxylic acids is 2. The average Bonchev–Trinajstić information content (AvgIpc) is 3.14. The molecular weight excluding hydrogens is 490 g/mol. The zero-order valence-electron chi connectivity index (χ0n) is 21.5. The van der Waals surface area contributed by atoms with Crippen LogP contribution in [0.2, 0.25) is 5.02 Å². The molecular formula is C30H30ClNO5. The van der Waals surface area contributed by atoms with Crippen molar-refractivity contribution in [3.63, 3.8) is 0 Å². The van der Waals surface area contributed by atoms with Crippen LogP contribution in [0, 0.1) is 0 Å². The maximum Gasteiger partial charge on any atom is 0.300 e. The number of phenols is 1. The van der Waals surface area contributed by atoms with E-state index in [1.807, 2.05) is 45.9 Å². The van der Waals surface area contributed by atoms with Gasteiger partial charge in [-0.1, -0.05) is 63.6 Å². The fourth-order valence-electron chi connectivity index (χ4n) is 4.50. The third-order valence-corrected chi connectivity index (χ3v) is 6.98. The van der Waals surface area contributed by atoms with Gasteiger partial charge >= 0.3 is 0 Å². The molecule has 0 aromatic heterocycles. The summed E-state index contributed by atoms with van der Waals surface area (Å²) in [4.78, 5) is 28.3. The number of amides is 1. The molecule has 2 N–H and O–H groups in total. The van der Waals surface area contributed by atoms with Gasteiger partial charge in [-0.05, 0) is 64.9 Å². The summed E-state index contributed by atoms with van der Waals surface area (Å²) in [6.45, 7) is 8.14. The number of aliphatic hydroxyl groups is 1. The number of halogens is 1. The van der Waals surface area contributed by atoms with Crippen LogP contribution < -0.4 is 9.64 Å². The third kappa shape index (κ3) is 4.81. The van der Waals surface area contributed by atoms with E-state index in [0.717, 1.165) is 17.5 Å². The Labute approximate surface area is 221 Å². The van der Waals surface area contributed by atoms with E-state index < -0.39 is 17.7 Å². The number of benzene rings is 3. The van der Waals surface area contributed by atoms with Gasteiger partial charge in [0.1, 0.15) is 17.3 Å². The largest absolute Gasteiger partial charge is 0.507 e. The minimum absolute atomic E-state index is 0.0664. The van der Waals surface area contributed by atoms with Crippen LogP contribution in [0.4, 0.5) is 5.69 Å². The first-order valence-corrected chi connectivity index (χ1v) is 12.4. The van der Waals surface area contributed by atoms with Crippen LogP contribution >= 0.6 is 11.6 Å². The molecule has 1 saturated heterocycles. The van der Waals surface area contributed by atoms with Crippen molar-refractivity contribution in [3.8, 4) is 11.5 Å². The second-order valence-electron chi connectivity index (χ2n) is 10.1. The maximum atomic E-state index is 13.5. The molecule has 1 fully saturated rings. The fraction of sp³-hybridized carbons (Fsp3) is 0.267. The van der Waals surface area contributed by atoms with E-state index in [2.05, 4.69) is 0 Å². The van der Waals surface area contributed by atoms with Gasteiger partial charge in [0.05, 0.1) is 29.3 Å². The molecule has 0 bridgehead atoms. The number of hydrogen-bond acceptors (Lipinski definition) is 5. The summed E-state index contributed by atoms with van der Waals surface area (Å²) in [6, 6.07) is 16.3. The summed E-state index contributed by atoms with van der Waals surface area (Å²) < 4.78 is 5.51. The quantitative estimate of drug-likeness (QED) is 0.227. The number of carbonyl (C=O) groups is 2. The number of aryl methyl sites for hydroxylation is 1. The fourth-order valence-corrected chi connectivity index (χ4v) is 4.69. The Bertz CT molecular complexity index is 1400. The minimum atomic E-state index is -0.978. The van der Waals surface area contributed by atoms with Crippen LogP contribution in [-0.4, -0.2) is 29.0 Å². The number of rotatable bonds is 5. The highest BCUT2D eigenvalue weighted by Gasteiger charge is 2.47. The molecule has 0 radical (unpaired) electrons. The first-order chi connectivity index (χ1) is 17.5.